The number of methoxy groups -OCH3 is 1. The molecule has 2 N–H and O–H groups in total. The Bertz CT molecular complexity index is 1150. The molecule has 1 aliphatic carbocycles. The lowest BCUT2D eigenvalue weighted by molar-refractivity contribution is 0.230. The first-order valence-electron chi connectivity index (χ1n) is 11.4. The second-order valence-corrected chi connectivity index (χ2v) is 10.7. The molecule has 0 radical (unpaired) electrons. The van der Waals surface area contributed by atoms with Gasteiger partial charge in [0.15, 0.2) is 0 Å². The average molecular weight is 465 g/mol. The molecule has 0 bridgehead atoms. The van der Waals surface area contributed by atoms with Gasteiger partial charge in [-0.3, -0.25) is 0 Å². The maximum absolute atomic E-state index is 12.2. The molecule has 1 aliphatic rings. The summed E-state index contributed by atoms with van der Waals surface area (Å²) < 4.78 is 32.7. The van der Waals surface area contributed by atoms with E-state index in [4.69, 9.17) is 4.74 Å². The van der Waals surface area contributed by atoms with E-state index in [0.717, 1.165) is 43.5 Å². The van der Waals surface area contributed by atoms with Crippen LogP contribution in [0, 0.1) is 0 Å². The van der Waals surface area contributed by atoms with Gasteiger partial charge in [-0.1, -0.05) is 66.7 Å². The Morgan fingerprint density at radius 3 is 2.21 bits per heavy atom. The molecule has 1 saturated carbocycles. The van der Waals surface area contributed by atoms with E-state index in [-0.39, 0.29) is 0 Å². The molecular formula is C27H32N2O3S. The maximum atomic E-state index is 12.2. The molecule has 0 spiro atoms. The normalized spacial score (nSPS) is 21.0. The van der Waals surface area contributed by atoms with Crippen LogP contribution in [-0.2, 0) is 22.1 Å². The summed E-state index contributed by atoms with van der Waals surface area (Å²) in [6, 6.07) is 27.1. The molecule has 0 aromatic heterocycles. The number of sulfonamides is 1. The number of hydrogen-bond acceptors (Lipinski definition) is 4. The first-order chi connectivity index (χ1) is 15.9. The summed E-state index contributed by atoms with van der Waals surface area (Å²) in [5.41, 5.74) is 4.04. The quantitative estimate of drug-likeness (QED) is 0.501. The Kier molecular flexibility index (Phi) is 7.17. The van der Waals surface area contributed by atoms with E-state index in [1.54, 1.807) is 7.11 Å². The highest BCUT2D eigenvalue weighted by molar-refractivity contribution is 7.88. The largest absolute Gasteiger partial charge is 0.497 e. The second kappa shape index (κ2) is 10.1. The van der Waals surface area contributed by atoms with Crippen molar-refractivity contribution in [1.29, 1.82) is 0 Å². The molecule has 174 valence electrons. The van der Waals surface area contributed by atoms with Crippen molar-refractivity contribution in [2.75, 3.05) is 13.4 Å². The number of ether oxygens (including phenoxy) is 1. The first-order valence-corrected chi connectivity index (χ1v) is 13.3. The van der Waals surface area contributed by atoms with Gasteiger partial charge in [0.05, 0.1) is 18.9 Å². The summed E-state index contributed by atoms with van der Waals surface area (Å²) in [4.78, 5) is 0. The van der Waals surface area contributed by atoms with Crippen LogP contribution in [-0.4, -0.2) is 27.8 Å². The SMILES string of the molecule is COc1cccc(C2(NS(C)(=O)=O)CCC(NCc3ccc(-c4ccccc4)cc3)CC2)c1. The molecule has 0 amide bonds. The van der Waals surface area contributed by atoms with Crippen LogP contribution in [0.15, 0.2) is 78.9 Å². The molecule has 3 aromatic carbocycles. The Morgan fingerprint density at radius 2 is 1.58 bits per heavy atom. The zero-order chi connectivity index (χ0) is 23.3. The highest BCUT2D eigenvalue weighted by Crippen LogP contribution is 2.39. The van der Waals surface area contributed by atoms with Crippen LogP contribution in [0.1, 0.15) is 36.8 Å². The van der Waals surface area contributed by atoms with Crippen molar-refractivity contribution in [3.63, 3.8) is 0 Å². The molecular weight excluding hydrogens is 432 g/mol. The molecule has 0 aliphatic heterocycles. The highest BCUT2D eigenvalue weighted by atomic mass is 32.2. The lowest BCUT2D eigenvalue weighted by atomic mass is 9.75. The smallest absolute Gasteiger partial charge is 0.209 e. The Hall–Kier alpha value is -2.67. The first kappa shape index (κ1) is 23.5. The molecule has 6 heteroatoms. The van der Waals surface area contributed by atoms with Crippen LogP contribution in [0.4, 0.5) is 0 Å². The van der Waals surface area contributed by atoms with Crippen molar-refractivity contribution in [2.24, 2.45) is 0 Å². The summed E-state index contributed by atoms with van der Waals surface area (Å²) in [5.74, 6) is 0.737. The standard InChI is InChI=1S/C27H32N2O3S/c1-32-26-10-6-9-24(19-26)27(29-33(2,30)31)17-15-25(16-18-27)28-20-21-11-13-23(14-12-21)22-7-4-3-5-8-22/h3-14,19,25,28-29H,15-18,20H2,1-2H3. The van der Waals surface area contributed by atoms with Crippen LogP contribution >= 0.6 is 0 Å². The molecule has 3 aromatic rings. The van der Waals surface area contributed by atoms with Gasteiger partial charge in [-0.2, -0.15) is 0 Å². The van der Waals surface area contributed by atoms with Gasteiger partial charge >= 0.3 is 0 Å². The maximum Gasteiger partial charge on any atom is 0.209 e. The minimum atomic E-state index is -3.36. The average Bonchev–Trinajstić information content (AvgIpc) is 2.83. The molecule has 0 atom stereocenters. The number of hydrogen-bond donors (Lipinski definition) is 2. The predicted octanol–water partition coefficient (Wildman–Crippen LogP) is 4.84. The summed E-state index contributed by atoms with van der Waals surface area (Å²) in [7, 11) is -1.73. The third kappa shape index (κ3) is 6.02. The van der Waals surface area contributed by atoms with E-state index in [9.17, 15) is 8.42 Å². The zero-order valence-corrected chi connectivity index (χ0v) is 20.1. The van der Waals surface area contributed by atoms with E-state index < -0.39 is 15.6 Å². The molecule has 33 heavy (non-hydrogen) atoms. The minimum Gasteiger partial charge on any atom is -0.497 e. The van der Waals surface area contributed by atoms with Crippen molar-refractivity contribution in [1.82, 2.24) is 10.0 Å². The van der Waals surface area contributed by atoms with Crippen LogP contribution in [0.5, 0.6) is 5.75 Å². The van der Waals surface area contributed by atoms with Gasteiger partial charge in [0.25, 0.3) is 0 Å². The molecule has 0 heterocycles. The third-order valence-corrected chi connectivity index (χ3v) is 7.26. The fourth-order valence-electron chi connectivity index (χ4n) is 4.75. The van der Waals surface area contributed by atoms with Crippen molar-refractivity contribution in [3.8, 4) is 16.9 Å². The fourth-order valence-corrected chi connectivity index (χ4v) is 5.78. The van der Waals surface area contributed by atoms with E-state index >= 15 is 0 Å². The van der Waals surface area contributed by atoms with Gasteiger partial charge in [0.1, 0.15) is 5.75 Å². The van der Waals surface area contributed by atoms with Crippen molar-refractivity contribution in [3.05, 3.63) is 90.0 Å². The van der Waals surface area contributed by atoms with Gasteiger partial charge in [-0.25, -0.2) is 13.1 Å². The lowest BCUT2D eigenvalue weighted by Crippen LogP contribution is -2.50. The monoisotopic (exact) mass is 464 g/mol. The fraction of sp³-hybridized carbons (Fsp3) is 0.333. The summed E-state index contributed by atoms with van der Waals surface area (Å²) in [6.07, 6.45) is 4.48. The summed E-state index contributed by atoms with van der Waals surface area (Å²) in [6.45, 7) is 0.797. The van der Waals surface area contributed by atoms with Gasteiger partial charge < -0.3 is 10.1 Å². The second-order valence-electron chi connectivity index (χ2n) is 8.91. The van der Waals surface area contributed by atoms with Crippen LogP contribution in [0.2, 0.25) is 0 Å². The van der Waals surface area contributed by atoms with Gasteiger partial charge in [-0.05, 0) is 60.1 Å². The Balaban J connectivity index is 1.40. The van der Waals surface area contributed by atoms with Crippen molar-refractivity contribution < 1.29 is 13.2 Å². The van der Waals surface area contributed by atoms with Crippen LogP contribution in [0.25, 0.3) is 11.1 Å². The van der Waals surface area contributed by atoms with Crippen LogP contribution in [0.3, 0.4) is 0 Å². The molecule has 4 rings (SSSR count). The topological polar surface area (TPSA) is 67.4 Å². The van der Waals surface area contributed by atoms with Crippen molar-refractivity contribution in [2.45, 2.75) is 43.8 Å². The Labute approximate surface area is 197 Å². The van der Waals surface area contributed by atoms with Crippen LogP contribution < -0.4 is 14.8 Å². The number of nitrogens with one attached hydrogen (secondary N) is 2. The Morgan fingerprint density at radius 1 is 0.909 bits per heavy atom. The van der Waals surface area contributed by atoms with E-state index in [2.05, 4.69) is 58.6 Å². The molecule has 0 saturated heterocycles. The minimum absolute atomic E-state index is 0.346. The summed E-state index contributed by atoms with van der Waals surface area (Å²) in [5, 5.41) is 3.67. The van der Waals surface area contributed by atoms with Gasteiger partial charge in [0, 0.05) is 12.6 Å². The molecule has 5 nitrogen and oxygen atoms in total. The van der Waals surface area contributed by atoms with Crippen molar-refractivity contribution >= 4 is 10.0 Å². The number of rotatable bonds is 8. The molecule has 0 unspecified atom stereocenters. The lowest BCUT2D eigenvalue weighted by Gasteiger charge is -2.41. The number of benzene rings is 3. The van der Waals surface area contributed by atoms with E-state index in [1.165, 1.54) is 22.9 Å². The van der Waals surface area contributed by atoms with E-state index in [0.29, 0.717) is 6.04 Å². The zero-order valence-electron chi connectivity index (χ0n) is 19.3. The highest BCUT2D eigenvalue weighted by Gasteiger charge is 2.39. The summed E-state index contributed by atoms with van der Waals surface area (Å²) >= 11 is 0. The van der Waals surface area contributed by atoms with Gasteiger partial charge in [0.2, 0.25) is 10.0 Å². The van der Waals surface area contributed by atoms with E-state index in [1.807, 2.05) is 30.3 Å². The van der Waals surface area contributed by atoms with Gasteiger partial charge in [-0.15, -0.1) is 0 Å². The predicted molar refractivity (Wildman–Crippen MR) is 134 cm³/mol. The third-order valence-electron chi connectivity index (χ3n) is 6.50. The molecule has 1 fully saturated rings.